The second-order valence-corrected chi connectivity index (χ2v) is 6.30. The molecular weight excluding hydrogens is 329 g/mol. The van der Waals surface area contributed by atoms with Gasteiger partial charge in [-0.1, -0.05) is 0 Å². The minimum atomic E-state index is -4.35. The molecule has 1 aliphatic heterocycles. The molecule has 4 nitrogen and oxygen atoms in total. The predicted molar refractivity (Wildman–Crippen MR) is 81.1 cm³/mol. The summed E-state index contributed by atoms with van der Waals surface area (Å²) in [5, 5.41) is 2.61. The van der Waals surface area contributed by atoms with Crippen molar-refractivity contribution in [2.75, 3.05) is 19.6 Å². The Kier molecular flexibility index (Phi) is 5.92. The number of rotatable bonds is 5. The van der Waals surface area contributed by atoms with E-state index in [0.717, 1.165) is 25.9 Å². The Balaban J connectivity index is 1.78. The number of amides is 2. The number of nitrogens with one attached hydrogen (secondary N) is 1. The van der Waals surface area contributed by atoms with E-state index in [0.29, 0.717) is 0 Å². The molecule has 1 aromatic rings. The van der Waals surface area contributed by atoms with Crippen LogP contribution in [0.25, 0.3) is 0 Å². The summed E-state index contributed by atoms with van der Waals surface area (Å²) in [4.78, 5) is 25.5. The van der Waals surface area contributed by atoms with Crippen molar-refractivity contribution in [3.63, 3.8) is 0 Å². The van der Waals surface area contributed by atoms with Crippen molar-refractivity contribution in [1.29, 1.82) is 0 Å². The van der Waals surface area contributed by atoms with Crippen LogP contribution in [0.1, 0.15) is 29.6 Å². The van der Waals surface area contributed by atoms with Crippen molar-refractivity contribution >= 4 is 23.6 Å². The first-order valence-electron chi connectivity index (χ1n) is 7.27. The minimum Gasteiger partial charge on any atom is -0.352 e. The molecule has 0 saturated carbocycles. The lowest BCUT2D eigenvalue weighted by Crippen LogP contribution is -2.32. The highest BCUT2D eigenvalue weighted by Gasteiger charge is 2.29. The maximum absolute atomic E-state index is 12.2. The van der Waals surface area contributed by atoms with Crippen LogP contribution in [-0.4, -0.2) is 41.9 Å². The lowest BCUT2D eigenvalue weighted by molar-refractivity contribution is -0.129. The average molecular weight is 346 g/mol. The Morgan fingerprint density at radius 2 is 1.74 bits per heavy atom. The SMILES string of the molecule is O=C(NCCC(=O)N1CCCC1)c1ccc(SC(F)(F)F)cc1. The average Bonchev–Trinajstić information content (AvgIpc) is 3.00. The van der Waals surface area contributed by atoms with Crippen LogP contribution in [0, 0.1) is 0 Å². The van der Waals surface area contributed by atoms with E-state index < -0.39 is 11.4 Å². The Bertz CT molecular complexity index is 555. The Hall–Kier alpha value is -1.70. The second kappa shape index (κ2) is 7.72. The van der Waals surface area contributed by atoms with Gasteiger partial charge in [0, 0.05) is 36.5 Å². The molecule has 1 fully saturated rings. The second-order valence-electron chi connectivity index (χ2n) is 5.17. The molecule has 1 aromatic carbocycles. The molecule has 8 heteroatoms. The fourth-order valence-corrected chi connectivity index (χ4v) is 2.86. The molecular formula is C15H17F3N2O2S. The fourth-order valence-electron chi connectivity index (χ4n) is 2.32. The third-order valence-corrected chi connectivity index (χ3v) is 4.17. The summed E-state index contributed by atoms with van der Waals surface area (Å²) >= 11 is -0.225. The van der Waals surface area contributed by atoms with Crippen LogP contribution in [0.4, 0.5) is 13.2 Å². The number of hydrogen-bond donors (Lipinski definition) is 1. The van der Waals surface area contributed by atoms with Crippen molar-refractivity contribution in [2.45, 2.75) is 29.7 Å². The van der Waals surface area contributed by atoms with Crippen LogP contribution in [0.3, 0.4) is 0 Å². The molecule has 0 bridgehead atoms. The molecule has 0 spiro atoms. The summed E-state index contributed by atoms with van der Waals surface area (Å²) in [6, 6.07) is 5.18. The third kappa shape index (κ3) is 5.78. The van der Waals surface area contributed by atoms with Gasteiger partial charge in [-0.3, -0.25) is 9.59 Å². The molecule has 23 heavy (non-hydrogen) atoms. The lowest BCUT2D eigenvalue weighted by Gasteiger charge is -2.15. The molecule has 0 unspecified atom stereocenters. The van der Waals surface area contributed by atoms with Crippen LogP contribution < -0.4 is 5.32 Å². The van der Waals surface area contributed by atoms with Gasteiger partial charge in [0.15, 0.2) is 0 Å². The zero-order valence-electron chi connectivity index (χ0n) is 12.4. The predicted octanol–water partition coefficient (Wildman–Crippen LogP) is 3.04. The molecule has 0 radical (unpaired) electrons. The van der Waals surface area contributed by atoms with Gasteiger partial charge in [-0.05, 0) is 48.9 Å². The van der Waals surface area contributed by atoms with E-state index in [1.165, 1.54) is 24.3 Å². The molecule has 1 heterocycles. The summed E-state index contributed by atoms with van der Waals surface area (Å²) in [7, 11) is 0. The van der Waals surface area contributed by atoms with Gasteiger partial charge in [0.25, 0.3) is 5.91 Å². The van der Waals surface area contributed by atoms with Crippen LogP contribution in [-0.2, 0) is 4.79 Å². The zero-order valence-corrected chi connectivity index (χ0v) is 13.2. The van der Waals surface area contributed by atoms with Crippen molar-refractivity contribution in [3.05, 3.63) is 29.8 Å². The summed E-state index contributed by atoms with van der Waals surface area (Å²) < 4.78 is 36.7. The van der Waals surface area contributed by atoms with E-state index >= 15 is 0 Å². The van der Waals surface area contributed by atoms with Crippen LogP contribution in [0.15, 0.2) is 29.2 Å². The first-order chi connectivity index (χ1) is 10.8. The van der Waals surface area contributed by atoms with E-state index in [1.807, 2.05) is 0 Å². The number of alkyl halides is 3. The monoisotopic (exact) mass is 346 g/mol. The maximum atomic E-state index is 12.2. The van der Waals surface area contributed by atoms with Gasteiger partial charge in [-0.2, -0.15) is 13.2 Å². The van der Waals surface area contributed by atoms with Gasteiger partial charge < -0.3 is 10.2 Å². The quantitative estimate of drug-likeness (QED) is 0.834. The Morgan fingerprint density at radius 1 is 1.13 bits per heavy atom. The normalized spacial score (nSPS) is 14.8. The highest BCUT2D eigenvalue weighted by Crippen LogP contribution is 2.36. The number of halogens is 3. The van der Waals surface area contributed by atoms with Gasteiger partial charge >= 0.3 is 5.51 Å². The minimum absolute atomic E-state index is 0.0136. The largest absolute Gasteiger partial charge is 0.446 e. The number of likely N-dealkylation sites (tertiary alicyclic amines) is 1. The number of thioether (sulfide) groups is 1. The van der Waals surface area contributed by atoms with Crippen molar-refractivity contribution in [3.8, 4) is 0 Å². The number of benzene rings is 1. The highest BCUT2D eigenvalue weighted by molar-refractivity contribution is 8.00. The zero-order chi connectivity index (χ0) is 16.9. The van der Waals surface area contributed by atoms with Gasteiger partial charge in [-0.15, -0.1) is 0 Å². The summed E-state index contributed by atoms with van der Waals surface area (Å²) in [6.45, 7) is 1.75. The van der Waals surface area contributed by atoms with Gasteiger partial charge in [0.1, 0.15) is 0 Å². The molecule has 1 saturated heterocycles. The first kappa shape index (κ1) is 17.7. The number of nitrogens with zero attached hydrogens (tertiary/aromatic N) is 1. The molecule has 2 amide bonds. The van der Waals surface area contributed by atoms with E-state index in [4.69, 9.17) is 0 Å². The van der Waals surface area contributed by atoms with Crippen molar-refractivity contribution in [2.24, 2.45) is 0 Å². The van der Waals surface area contributed by atoms with E-state index in [1.54, 1.807) is 4.90 Å². The number of carbonyl (C=O) groups excluding carboxylic acids is 2. The number of carbonyl (C=O) groups is 2. The molecule has 0 atom stereocenters. The molecule has 1 N–H and O–H groups in total. The topological polar surface area (TPSA) is 49.4 Å². The third-order valence-electron chi connectivity index (χ3n) is 3.43. The van der Waals surface area contributed by atoms with E-state index in [2.05, 4.69) is 5.32 Å². The molecule has 2 rings (SSSR count). The lowest BCUT2D eigenvalue weighted by atomic mass is 10.2. The summed E-state index contributed by atoms with van der Waals surface area (Å²) in [5.41, 5.74) is -4.08. The summed E-state index contributed by atoms with van der Waals surface area (Å²) in [6.07, 6.45) is 2.26. The van der Waals surface area contributed by atoms with Gasteiger partial charge in [0.05, 0.1) is 0 Å². The highest BCUT2D eigenvalue weighted by atomic mass is 32.2. The Morgan fingerprint density at radius 3 is 2.30 bits per heavy atom. The van der Waals surface area contributed by atoms with E-state index in [-0.39, 0.29) is 41.1 Å². The van der Waals surface area contributed by atoms with Crippen LogP contribution >= 0.6 is 11.8 Å². The fraction of sp³-hybridized carbons (Fsp3) is 0.467. The molecule has 0 aromatic heterocycles. The maximum Gasteiger partial charge on any atom is 0.446 e. The van der Waals surface area contributed by atoms with Crippen molar-refractivity contribution in [1.82, 2.24) is 10.2 Å². The summed E-state index contributed by atoms with van der Waals surface area (Å²) in [5.74, 6) is -0.387. The molecule has 126 valence electrons. The molecule has 0 aliphatic carbocycles. The standard InChI is InChI=1S/C15H17F3N2O2S/c16-15(17,18)23-12-5-3-11(4-6-12)14(22)19-8-7-13(21)20-9-1-2-10-20/h3-6H,1-2,7-10H2,(H,19,22). The smallest absolute Gasteiger partial charge is 0.352 e. The van der Waals surface area contributed by atoms with Crippen molar-refractivity contribution < 1.29 is 22.8 Å². The van der Waals surface area contributed by atoms with Crippen LogP contribution in [0.2, 0.25) is 0 Å². The number of hydrogen-bond acceptors (Lipinski definition) is 3. The van der Waals surface area contributed by atoms with Gasteiger partial charge in [-0.25, -0.2) is 0 Å². The Labute approximate surface area is 136 Å². The molecule has 1 aliphatic rings. The van der Waals surface area contributed by atoms with Crippen LogP contribution in [0.5, 0.6) is 0 Å². The van der Waals surface area contributed by atoms with E-state index in [9.17, 15) is 22.8 Å². The van der Waals surface area contributed by atoms with Gasteiger partial charge in [0.2, 0.25) is 5.91 Å². The first-order valence-corrected chi connectivity index (χ1v) is 8.08.